The molecule has 0 unspecified atom stereocenters. The van der Waals surface area contributed by atoms with Gasteiger partial charge in [-0.2, -0.15) is 0 Å². The molecule has 0 saturated carbocycles. The number of hydrogen-bond acceptors (Lipinski definition) is 2. The lowest BCUT2D eigenvalue weighted by molar-refractivity contribution is -0.121. The molecule has 0 aliphatic carbocycles. The first-order valence-corrected chi connectivity index (χ1v) is 6.09. The fourth-order valence-electron chi connectivity index (χ4n) is 1.62. The molecule has 1 N–H and O–H groups in total. The Kier molecular flexibility index (Phi) is 5.43. The van der Waals surface area contributed by atoms with Crippen molar-refractivity contribution in [1.82, 2.24) is 5.32 Å². The van der Waals surface area contributed by atoms with Crippen LogP contribution in [-0.2, 0) is 4.79 Å². The largest absolute Gasteiger partial charge is 0.493 e. The van der Waals surface area contributed by atoms with Crippen LogP contribution in [0.5, 0.6) is 5.75 Å². The summed E-state index contributed by atoms with van der Waals surface area (Å²) >= 11 is 0. The Morgan fingerprint density at radius 2 is 1.89 bits per heavy atom. The summed E-state index contributed by atoms with van der Waals surface area (Å²) in [5, 5.41) is 2.77. The maximum absolute atomic E-state index is 11.4. The molecular formula is C15H21NO2. The minimum Gasteiger partial charge on any atom is -0.493 e. The van der Waals surface area contributed by atoms with Crippen molar-refractivity contribution in [2.45, 2.75) is 27.2 Å². The van der Waals surface area contributed by atoms with Crippen molar-refractivity contribution in [1.29, 1.82) is 0 Å². The SMILES string of the molecule is C=C(C)CNC(=O)CCOc1cc(C)cc(C)c1. The van der Waals surface area contributed by atoms with Gasteiger partial charge in [0.25, 0.3) is 0 Å². The minimum absolute atomic E-state index is 0.0117. The van der Waals surface area contributed by atoms with Gasteiger partial charge in [-0.1, -0.05) is 18.2 Å². The molecule has 0 heterocycles. The van der Waals surface area contributed by atoms with Crippen molar-refractivity contribution in [3.8, 4) is 5.75 Å². The first kappa shape index (κ1) is 14.3. The van der Waals surface area contributed by atoms with E-state index < -0.39 is 0 Å². The van der Waals surface area contributed by atoms with Crippen molar-refractivity contribution in [2.24, 2.45) is 0 Å². The Morgan fingerprint density at radius 1 is 1.28 bits per heavy atom. The third kappa shape index (κ3) is 5.53. The van der Waals surface area contributed by atoms with Crippen LogP contribution in [0, 0.1) is 13.8 Å². The van der Waals surface area contributed by atoms with Crippen molar-refractivity contribution in [3.05, 3.63) is 41.5 Å². The molecule has 0 aromatic heterocycles. The Labute approximate surface area is 109 Å². The molecular weight excluding hydrogens is 226 g/mol. The summed E-state index contributed by atoms with van der Waals surface area (Å²) in [6.45, 7) is 10.6. The molecule has 0 saturated heterocycles. The van der Waals surface area contributed by atoms with E-state index >= 15 is 0 Å². The Balaban J connectivity index is 2.33. The van der Waals surface area contributed by atoms with E-state index in [1.807, 2.05) is 32.9 Å². The summed E-state index contributed by atoms with van der Waals surface area (Å²) in [7, 11) is 0. The van der Waals surface area contributed by atoms with E-state index in [9.17, 15) is 4.79 Å². The average Bonchev–Trinajstić information content (AvgIpc) is 2.25. The Bertz CT molecular complexity index is 418. The number of amides is 1. The fraction of sp³-hybridized carbons (Fsp3) is 0.400. The molecule has 3 heteroatoms. The summed E-state index contributed by atoms with van der Waals surface area (Å²) in [6, 6.07) is 6.03. The zero-order chi connectivity index (χ0) is 13.5. The second-order valence-corrected chi connectivity index (χ2v) is 4.66. The predicted octanol–water partition coefficient (Wildman–Crippen LogP) is 2.76. The van der Waals surface area contributed by atoms with Crippen LogP contribution in [-0.4, -0.2) is 19.1 Å². The Hall–Kier alpha value is -1.77. The number of aryl methyl sites for hydroxylation is 2. The molecule has 18 heavy (non-hydrogen) atoms. The van der Waals surface area contributed by atoms with Gasteiger partial charge in [0.05, 0.1) is 13.0 Å². The van der Waals surface area contributed by atoms with Crippen LogP contribution >= 0.6 is 0 Å². The second kappa shape index (κ2) is 6.84. The van der Waals surface area contributed by atoms with Gasteiger partial charge < -0.3 is 10.1 Å². The third-order valence-electron chi connectivity index (χ3n) is 2.38. The lowest BCUT2D eigenvalue weighted by Gasteiger charge is -2.08. The van der Waals surface area contributed by atoms with Gasteiger partial charge in [-0.15, -0.1) is 0 Å². The van der Waals surface area contributed by atoms with Crippen LogP contribution in [0.25, 0.3) is 0 Å². The molecule has 0 radical (unpaired) electrons. The number of rotatable bonds is 6. The highest BCUT2D eigenvalue weighted by atomic mass is 16.5. The molecule has 98 valence electrons. The summed E-state index contributed by atoms with van der Waals surface area (Å²) < 4.78 is 5.56. The second-order valence-electron chi connectivity index (χ2n) is 4.66. The third-order valence-corrected chi connectivity index (χ3v) is 2.38. The van der Waals surface area contributed by atoms with Gasteiger partial charge in [0, 0.05) is 6.54 Å². The summed E-state index contributed by atoms with van der Waals surface area (Å²) in [5.74, 6) is 0.808. The van der Waals surface area contributed by atoms with E-state index in [2.05, 4.69) is 18.0 Å². The highest BCUT2D eigenvalue weighted by Gasteiger charge is 2.02. The van der Waals surface area contributed by atoms with Gasteiger partial charge in [-0.05, 0) is 44.0 Å². The van der Waals surface area contributed by atoms with E-state index in [1.165, 1.54) is 0 Å². The molecule has 0 fully saturated rings. The molecule has 0 aliphatic heterocycles. The summed E-state index contributed by atoms with van der Waals surface area (Å²) in [5.41, 5.74) is 3.27. The van der Waals surface area contributed by atoms with E-state index in [1.54, 1.807) is 0 Å². The van der Waals surface area contributed by atoms with Gasteiger partial charge in [-0.3, -0.25) is 4.79 Å². The van der Waals surface area contributed by atoms with Crippen LogP contribution in [0.3, 0.4) is 0 Å². The number of hydrogen-bond donors (Lipinski definition) is 1. The van der Waals surface area contributed by atoms with Gasteiger partial charge in [-0.25, -0.2) is 0 Å². The van der Waals surface area contributed by atoms with Gasteiger partial charge in [0.1, 0.15) is 5.75 Å². The van der Waals surface area contributed by atoms with Crippen LogP contribution < -0.4 is 10.1 Å². The molecule has 0 atom stereocenters. The van der Waals surface area contributed by atoms with Crippen LogP contribution in [0.4, 0.5) is 0 Å². The number of carbonyl (C=O) groups is 1. The molecule has 1 rings (SSSR count). The van der Waals surface area contributed by atoms with Crippen LogP contribution in [0.15, 0.2) is 30.4 Å². The maximum Gasteiger partial charge on any atom is 0.223 e. The van der Waals surface area contributed by atoms with E-state index in [0.717, 1.165) is 22.4 Å². The van der Waals surface area contributed by atoms with Crippen molar-refractivity contribution < 1.29 is 9.53 Å². The number of carbonyl (C=O) groups excluding carboxylic acids is 1. The molecule has 0 bridgehead atoms. The van der Waals surface area contributed by atoms with Crippen molar-refractivity contribution in [3.63, 3.8) is 0 Å². The summed E-state index contributed by atoms with van der Waals surface area (Å²) in [6.07, 6.45) is 0.361. The van der Waals surface area contributed by atoms with E-state index in [0.29, 0.717) is 19.6 Å². The molecule has 1 amide bonds. The lowest BCUT2D eigenvalue weighted by atomic mass is 10.1. The maximum atomic E-state index is 11.4. The highest BCUT2D eigenvalue weighted by Crippen LogP contribution is 2.16. The van der Waals surface area contributed by atoms with Gasteiger partial charge in [0.2, 0.25) is 5.91 Å². The van der Waals surface area contributed by atoms with Crippen LogP contribution in [0.1, 0.15) is 24.5 Å². The minimum atomic E-state index is -0.0117. The summed E-state index contributed by atoms with van der Waals surface area (Å²) in [4.78, 5) is 11.4. The van der Waals surface area contributed by atoms with Gasteiger partial charge in [0.15, 0.2) is 0 Å². The first-order chi connectivity index (χ1) is 8.47. The smallest absolute Gasteiger partial charge is 0.223 e. The average molecular weight is 247 g/mol. The first-order valence-electron chi connectivity index (χ1n) is 6.09. The zero-order valence-electron chi connectivity index (χ0n) is 11.4. The normalized spacial score (nSPS) is 9.94. The fourth-order valence-corrected chi connectivity index (χ4v) is 1.62. The monoisotopic (exact) mass is 247 g/mol. The molecule has 0 spiro atoms. The molecule has 3 nitrogen and oxygen atoms in total. The molecule has 0 aliphatic rings. The molecule has 1 aromatic carbocycles. The quantitative estimate of drug-likeness (QED) is 0.785. The zero-order valence-corrected chi connectivity index (χ0v) is 11.4. The van der Waals surface area contributed by atoms with Crippen molar-refractivity contribution >= 4 is 5.91 Å². The lowest BCUT2D eigenvalue weighted by Crippen LogP contribution is -2.26. The number of benzene rings is 1. The highest BCUT2D eigenvalue weighted by molar-refractivity contribution is 5.76. The van der Waals surface area contributed by atoms with Gasteiger partial charge >= 0.3 is 0 Å². The standard InChI is InChI=1S/C15H21NO2/c1-11(2)10-16-15(17)5-6-18-14-8-12(3)7-13(4)9-14/h7-9H,1,5-6,10H2,2-4H3,(H,16,17). The Morgan fingerprint density at radius 3 is 2.44 bits per heavy atom. The predicted molar refractivity (Wildman–Crippen MR) is 73.9 cm³/mol. The van der Waals surface area contributed by atoms with Crippen LogP contribution in [0.2, 0.25) is 0 Å². The van der Waals surface area contributed by atoms with Crippen molar-refractivity contribution in [2.75, 3.05) is 13.2 Å². The topological polar surface area (TPSA) is 38.3 Å². The van der Waals surface area contributed by atoms with E-state index in [-0.39, 0.29) is 5.91 Å². The molecule has 1 aromatic rings. The number of ether oxygens (including phenoxy) is 1. The van der Waals surface area contributed by atoms with E-state index in [4.69, 9.17) is 4.74 Å². The number of nitrogens with one attached hydrogen (secondary N) is 1.